The first-order chi connectivity index (χ1) is 10.2. The van der Waals surface area contributed by atoms with Crippen LogP contribution in [0.15, 0.2) is 37.0 Å². The number of nitrogens with one attached hydrogen (secondary N) is 1. The first-order valence-electron chi connectivity index (χ1n) is 8.08. The molecule has 1 spiro atoms. The molecule has 2 heteroatoms. The van der Waals surface area contributed by atoms with E-state index in [0.717, 1.165) is 32.1 Å². The molecule has 2 rings (SSSR count). The van der Waals surface area contributed by atoms with Gasteiger partial charge in [-0.2, -0.15) is 0 Å². The summed E-state index contributed by atoms with van der Waals surface area (Å²) in [6, 6.07) is 0.466. The smallest absolute Gasteiger partial charge is 0.0620 e. The highest BCUT2D eigenvalue weighted by Gasteiger charge is 2.45. The lowest BCUT2D eigenvalue weighted by Crippen LogP contribution is -2.61. The van der Waals surface area contributed by atoms with Crippen molar-refractivity contribution in [2.24, 2.45) is 5.92 Å². The summed E-state index contributed by atoms with van der Waals surface area (Å²) >= 11 is 0. The van der Waals surface area contributed by atoms with Crippen LogP contribution in [0.3, 0.4) is 0 Å². The number of rotatable bonds is 4. The van der Waals surface area contributed by atoms with Gasteiger partial charge in [0.15, 0.2) is 0 Å². The minimum Gasteiger partial charge on any atom is -0.392 e. The Morgan fingerprint density at radius 1 is 1.33 bits per heavy atom. The number of aliphatic hydroxyl groups excluding tert-OH is 1. The van der Waals surface area contributed by atoms with Gasteiger partial charge in [-0.3, -0.25) is 0 Å². The third kappa shape index (κ3) is 3.87. The van der Waals surface area contributed by atoms with Crippen molar-refractivity contribution in [3.05, 3.63) is 37.0 Å². The molecule has 2 aliphatic rings. The van der Waals surface area contributed by atoms with Gasteiger partial charge in [0, 0.05) is 17.5 Å². The van der Waals surface area contributed by atoms with Crippen LogP contribution in [0.25, 0.3) is 0 Å². The Morgan fingerprint density at radius 3 is 2.81 bits per heavy atom. The van der Waals surface area contributed by atoms with Gasteiger partial charge in [0.25, 0.3) is 0 Å². The van der Waals surface area contributed by atoms with Gasteiger partial charge >= 0.3 is 0 Å². The fraction of sp³-hybridized carbons (Fsp3) is 0.579. The van der Waals surface area contributed by atoms with Crippen LogP contribution in [0.5, 0.6) is 0 Å². The van der Waals surface area contributed by atoms with E-state index in [1.54, 1.807) is 12.2 Å². The molecule has 0 bridgehead atoms. The zero-order chi connectivity index (χ0) is 15.1. The zero-order valence-electron chi connectivity index (χ0n) is 12.8. The van der Waals surface area contributed by atoms with Crippen LogP contribution in [0.1, 0.15) is 44.9 Å². The maximum atomic E-state index is 10.4. The second kappa shape index (κ2) is 7.64. The average molecular weight is 285 g/mol. The van der Waals surface area contributed by atoms with Gasteiger partial charge in [0.05, 0.1) is 6.10 Å². The van der Waals surface area contributed by atoms with E-state index in [1.165, 1.54) is 12.8 Å². The molecule has 21 heavy (non-hydrogen) atoms. The van der Waals surface area contributed by atoms with Gasteiger partial charge in [0.2, 0.25) is 0 Å². The Balaban J connectivity index is 2.12. The molecule has 1 saturated heterocycles. The summed E-state index contributed by atoms with van der Waals surface area (Å²) < 4.78 is 0. The predicted molar refractivity (Wildman–Crippen MR) is 88.8 cm³/mol. The van der Waals surface area contributed by atoms with E-state index in [2.05, 4.69) is 30.0 Å². The summed E-state index contributed by atoms with van der Waals surface area (Å²) in [5.74, 6) is 2.74. The Bertz CT molecular complexity index is 441. The van der Waals surface area contributed by atoms with E-state index < -0.39 is 0 Å². The monoisotopic (exact) mass is 285 g/mol. The van der Waals surface area contributed by atoms with E-state index in [0.29, 0.717) is 6.04 Å². The lowest BCUT2D eigenvalue weighted by molar-refractivity contribution is 0.00392. The molecule has 0 aromatic heterocycles. The normalized spacial score (nSPS) is 37.0. The van der Waals surface area contributed by atoms with E-state index in [4.69, 9.17) is 6.42 Å². The Kier molecular flexibility index (Phi) is 5.85. The van der Waals surface area contributed by atoms with Crippen LogP contribution in [0.4, 0.5) is 0 Å². The summed E-state index contributed by atoms with van der Waals surface area (Å²) in [4.78, 5) is 0. The number of piperidine rings is 1. The highest BCUT2D eigenvalue weighted by atomic mass is 16.3. The number of hydrogen-bond acceptors (Lipinski definition) is 2. The Labute approximate surface area is 129 Å². The van der Waals surface area contributed by atoms with Crippen molar-refractivity contribution in [1.29, 1.82) is 0 Å². The minimum atomic E-state index is -0.248. The second-order valence-electron chi connectivity index (χ2n) is 6.30. The first-order valence-corrected chi connectivity index (χ1v) is 8.08. The molecule has 1 aliphatic carbocycles. The largest absolute Gasteiger partial charge is 0.392 e. The lowest BCUT2D eigenvalue weighted by atomic mass is 9.66. The summed E-state index contributed by atoms with van der Waals surface area (Å²) in [7, 11) is 0. The highest BCUT2D eigenvalue weighted by molar-refractivity contribution is 5.15. The molecule has 0 unspecified atom stereocenters. The molecule has 1 heterocycles. The van der Waals surface area contributed by atoms with Crippen LogP contribution in [-0.2, 0) is 0 Å². The van der Waals surface area contributed by atoms with Crippen LogP contribution in [-0.4, -0.2) is 22.8 Å². The van der Waals surface area contributed by atoms with Crippen molar-refractivity contribution >= 4 is 0 Å². The van der Waals surface area contributed by atoms with Crippen molar-refractivity contribution in [3.8, 4) is 12.3 Å². The van der Waals surface area contributed by atoms with Crippen LogP contribution >= 0.6 is 0 Å². The summed E-state index contributed by atoms with van der Waals surface area (Å²) in [6.07, 6.45) is 22.5. The predicted octanol–water partition coefficient (Wildman–Crippen LogP) is 3.35. The molecule has 0 aromatic carbocycles. The van der Waals surface area contributed by atoms with Gasteiger partial charge in [-0.25, -0.2) is 0 Å². The van der Waals surface area contributed by atoms with Crippen molar-refractivity contribution in [2.75, 3.05) is 0 Å². The van der Waals surface area contributed by atoms with Crippen molar-refractivity contribution < 1.29 is 5.11 Å². The first kappa shape index (κ1) is 16.1. The Morgan fingerprint density at radius 2 is 2.10 bits per heavy atom. The van der Waals surface area contributed by atoms with E-state index in [-0.39, 0.29) is 17.6 Å². The SMILES string of the molecule is C#CC=CC[C@@H]1CCC[C@]2(CCC[C@@H](O)[C@H]2C=CC=C)N1. The molecule has 2 N–H and O–H groups in total. The van der Waals surface area contributed by atoms with E-state index in [9.17, 15) is 5.11 Å². The molecule has 1 aliphatic heterocycles. The topological polar surface area (TPSA) is 32.3 Å². The fourth-order valence-corrected chi connectivity index (χ4v) is 4.00. The minimum absolute atomic E-state index is 0.0457. The van der Waals surface area contributed by atoms with Gasteiger partial charge < -0.3 is 10.4 Å². The molecule has 4 atom stereocenters. The highest BCUT2D eigenvalue weighted by Crippen LogP contribution is 2.41. The molecular weight excluding hydrogens is 258 g/mol. The standard InChI is InChI=1S/C19H27NO/c1-3-5-7-10-16-11-8-14-19(20-16)15-9-13-18(21)17(19)12-6-4-2/h1,4-7,12,16-18,20-21H,2,8-11,13-15H2/t16-,17-,18-,19-/m1/s1. The summed E-state index contributed by atoms with van der Waals surface area (Å²) in [6.45, 7) is 3.75. The molecule has 2 nitrogen and oxygen atoms in total. The molecule has 0 radical (unpaired) electrons. The van der Waals surface area contributed by atoms with Gasteiger partial charge in [-0.15, -0.1) is 6.42 Å². The zero-order valence-corrected chi connectivity index (χ0v) is 12.8. The van der Waals surface area contributed by atoms with Gasteiger partial charge in [-0.05, 0) is 44.6 Å². The molecule has 2 fully saturated rings. The van der Waals surface area contributed by atoms with Crippen LogP contribution in [0.2, 0.25) is 0 Å². The van der Waals surface area contributed by atoms with Gasteiger partial charge in [0.1, 0.15) is 0 Å². The van der Waals surface area contributed by atoms with Gasteiger partial charge in [-0.1, -0.05) is 43.2 Å². The summed E-state index contributed by atoms with van der Waals surface area (Å²) in [5, 5.41) is 14.3. The molecule has 114 valence electrons. The van der Waals surface area contributed by atoms with E-state index >= 15 is 0 Å². The van der Waals surface area contributed by atoms with Crippen molar-refractivity contribution in [1.82, 2.24) is 5.32 Å². The number of hydrogen-bond donors (Lipinski definition) is 2. The maximum Gasteiger partial charge on any atom is 0.0620 e. The maximum absolute atomic E-state index is 10.4. The molecular formula is C19H27NO. The number of allylic oxidation sites excluding steroid dienone is 3. The fourth-order valence-electron chi connectivity index (χ4n) is 4.00. The summed E-state index contributed by atoms with van der Waals surface area (Å²) in [5.41, 5.74) is 0.0457. The molecule has 1 saturated carbocycles. The molecule has 0 aromatic rings. The lowest BCUT2D eigenvalue weighted by Gasteiger charge is -2.51. The third-order valence-electron chi connectivity index (χ3n) is 4.93. The average Bonchev–Trinajstić information content (AvgIpc) is 2.47. The van der Waals surface area contributed by atoms with Crippen LogP contribution in [0, 0.1) is 18.3 Å². The van der Waals surface area contributed by atoms with E-state index in [1.807, 2.05) is 6.08 Å². The Hall–Kier alpha value is -1.30. The third-order valence-corrected chi connectivity index (χ3v) is 4.93. The van der Waals surface area contributed by atoms with Crippen molar-refractivity contribution in [2.45, 2.75) is 62.6 Å². The van der Waals surface area contributed by atoms with Crippen LogP contribution < -0.4 is 5.32 Å². The molecule has 0 amide bonds. The van der Waals surface area contributed by atoms with Crippen molar-refractivity contribution in [3.63, 3.8) is 0 Å². The number of aliphatic hydroxyl groups is 1. The second-order valence-corrected chi connectivity index (χ2v) is 6.30. The quantitative estimate of drug-likeness (QED) is 0.613. The number of terminal acetylenes is 1.